The van der Waals surface area contributed by atoms with Crippen LogP contribution < -0.4 is 0 Å². The predicted octanol–water partition coefficient (Wildman–Crippen LogP) is 2.30. The largest absolute Gasteiger partial charge is 0.298 e. The molecule has 0 radical (unpaired) electrons. The third kappa shape index (κ3) is 1.71. The molecule has 3 nitrogen and oxygen atoms in total. The first kappa shape index (κ1) is 11.7. The summed E-state index contributed by atoms with van der Waals surface area (Å²) in [5.41, 5.74) is 0.776. The second-order valence-electron chi connectivity index (χ2n) is 4.42. The fraction of sp³-hybridized carbons (Fsp3) is 0.357. The summed E-state index contributed by atoms with van der Waals surface area (Å²) in [6, 6.07) is 6.64. The predicted molar refractivity (Wildman–Crippen MR) is 63.1 cm³/mol. The number of ketones is 3. The summed E-state index contributed by atoms with van der Waals surface area (Å²) >= 11 is 0. The number of fused-ring (bicyclic) bond motifs is 1. The maximum absolute atomic E-state index is 12.0. The molecule has 1 aliphatic rings. The Hall–Kier alpha value is -1.77. The van der Waals surface area contributed by atoms with E-state index in [4.69, 9.17) is 0 Å². The maximum Gasteiger partial charge on any atom is 0.181 e. The van der Waals surface area contributed by atoms with Crippen LogP contribution in [0.15, 0.2) is 24.3 Å². The van der Waals surface area contributed by atoms with Crippen LogP contribution >= 0.6 is 0 Å². The SMILES string of the molecule is CCC(C)C(=O)C1C(=O)c2ccccc2C1=O. The van der Waals surface area contributed by atoms with Gasteiger partial charge in [0, 0.05) is 17.0 Å². The Morgan fingerprint density at radius 3 is 2.06 bits per heavy atom. The molecule has 0 fully saturated rings. The van der Waals surface area contributed by atoms with Crippen LogP contribution in [0.25, 0.3) is 0 Å². The van der Waals surface area contributed by atoms with Gasteiger partial charge in [0.2, 0.25) is 0 Å². The van der Waals surface area contributed by atoms with Gasteiger partial charge in [0.15, 0.2) is 17.3 Å². The van der Waals surface area contributed by atoms with E-state index in [1.807, 2.05) is 6.92 Å². The minimum absolute atomic E-state index is 0.248. The van der Waals surface area contributed by atoms with Gasteiger partial charge in [-0.15, -0.1) is 0 Å². The number of hydrogen-bond donors (Lipinski definition) is 0. The quantitative estimate of drug-likeness (QED) is 0.748. The molecule has 0 amide bonds. The van der Waals surface area contributed by atoms with E-state index in [0.29, 0.717) is 17.5 Å². The molecule has 0 aliphatic heterocycles. The molecule has 1 aliphatic carbocycles. The van der Waals surface area contributed by atoms with Crippen LogP contribution in [0.4, 0.5) is 0 Å². The molecule has 1 aromatic rings. The molecule has 2 rings (SSSR count). The number of Topliss-reactive ketones (excluding diaryl/α,β-unsaturated/α-hetero) is 3. The molecule has 0 spiro atoms. The van der Waals surface area contributed by atoms with Crippen LogP contribution in [0.5, 0.6) is 0 Å². The lowest BCUT2D eigenvalue weighted by atomic mass is 9.89. The van der Waals surface area contributed by atoms with Gasteiger partial charge in [-0.3, -0.25) is 14.4 Å². The second kappa shape index (κ2) is 4.24. The van der Waals surface area contributed by atoms with E-state index in [1.165, 1.54) is 0 Å². The maximum atomic E-state index is 12.0. The van der Waals surface area contributed by atoms with Crippen molar-refractivity contribution in [3.05, 3.63) is 35.4 Å². The summed E-state index contributed by atoms with van der Waals surface area (Å²) in [7, 11) is 0. The van der Waals surface area contributed by atoms with Gasteiger partial charge in [-0.25, -0.2) is 0 Å². The van der Waals surface area contributed by atoms with E-state index < -0.39 is 5.92 Å². The van der Waals surface area contributed by atoms with E-state index in [9.17, 15) is 14.4 Å². The molecule has 17 heavy (non-hydrogen) atoms. The molecule has 1 aromatic carbocycles. The highest BCUT2D eigenvalue weighted by molar-refractivity contribution is 6.35. The summed E-state index contributed by atoms with van der Waals surface area (Å²) in [5, 5.41) is 0. The van der Waals surface area contributed by atoms with Crippen molar-refractivity contribution >= 4 is 17.3 Å². The normalized spacial score (nSPS) is 17.1. The van der Waals surface area contributed by atoms with Gasteiger partial charge < -0.3 is 0 Å². The minimum Gasteiger partial charge on any atom is -0.298 e. The topological polar surface area (TPSA) is 51.2 Å². The monoisotopic (exact) mass is 230 g/mol. The van der Waals surface area contributed by atoms with E-state index in [-0.39, 0.29) is 23.3 Å². The Bertz CT molecular complexity index is 467. The summed E-state index contributed by atoms with van der Waals surface area (Å²) in [6.07, 6.45) is 0.645. The molecular weight excluding hydrogens is 216 g/mol. The molecule has 0 heterocycles. The Kier molecular flexibility index (Phi) is 2.92. The zero-order chi connectivity index (χ0) is 12.6. The van der Waals surface area contributed by atoms with E-state index in [1.54, 1.807) is 31.2 Å². The summed E-state index contributed by atoms with van der Waals surface area (Å²) in [6.45, 7) is 3.63. The first-order valence-corrected chi connectivity index (χ1v) is 5.79. The third-order valence-electron chi connectivity index (χ3n) is 3.36. The van der Waals surface area contributed by atoms with E-state index >= 15 is 0 Å². The van der Waals surface area contributed by atoms with Crippen molar-refractivity contribution in [1.29, 1.82) is 0 Å². The van der Waals surface area contributed by atoms with Crippen molar-refractivity contribution in [2.45, 2.75) is 20.3 Å². The van der Waals surface area contributed by atoms with Gasteiger partial charge >= 0.3 is 0 Å². The standard InChI is InChI=1S/C14H14O3/c1-3-8(2)12(15)11-13(16)9-6-4-5-7-10(9)14(11)17/h4-8,11H,3H2,1-2H3. The highest BCUT2D eigenvalue weighted by Crippen LogP contribution is 2.29. The van der Waals surface area contributed by atoms with Crippen LogP contribution in [0.1, 0.15) is 41.0 Å². The molecule has 0 N–H and O–H groups in total. The van der Waals surface area contributed by atoms with Gasteiger partial charge in [0.1, 0.15) is 5.92 Å². The Morgan fingerprint density at radius 1 is 1.18 bits per heavy atom. The second-order valence-corrected chi connectivity index (χ2v) is 4.42. The lowest BCUT2D eigenvalue weighted by molar-refractivity contribution is -0.123. The van der Waals surface area contributed by atoms with Crippen LogP contribution in [-0.2, 0) is 4.79 Å². The molecular formula is C14H14O3. The fourth-order valence-electron chi connectivity index (χ4n) is 2.09. The lowest BCUT2D eigenvalue weighted by Gasteiger charge is -2.10. The van der Waals surface area contributed by atoms with Crippen molar-refractivity contribution in [3.8, 4) is 0 Å². The van der Waals surface area contributed by atoms with E-state index in [0.717, 1.165) is 0 Å². The van der Waals surface area contributed by atoms with Crippen molar-refractivity contribution < 1.29 is 14.4 Å². The van der Waals surface area contributed by atoms with Gasteiger partial charge in [0.25, 0.3) is 0 Å². The number of carbonyl (C=O) groups excluding carboxylic acids is 3. The Balaban J connectivity index is 2.40. The van der Waals surface area contributed by atoms with Crippen molar-refractivity contribution in [2.24, 2.45) is 11.8 Å². The van der Waals surface area contributed by atoms with Crippen LogP contribution in [0, 0.1) is 11.8 Å². The van der Waals surface area contributed by atoms with Gasteiger partial charge in [-0.1, -0.05) is 38.1 Å². The fourth-order valence-corrected chi connectivity index (χ4v) is 2.09. The zero-order valence-corrected chi connectivity index (χ0v) is 9.90. The number of hydrogen-bond acceptors (Lipinski definition) is 3. The third-order valence-corrected chi connectivity index (χ3v) is 3.36. The highest BCUT2D eigenvalue weighted by atomic mass is 16.2. The van der Waals surface area contributed by atoms with Crippen molar-refractivity contribution in [3.63, 3.8) is 0 Å². The molecule has 0 aromatic heterocycles. The summed E-state index contributed by atoms with van der Waals surface area (Å²) in [5.74, 6) is -2.27. The molecule has 0 saturated carbocycles. The van der Waals surface area contributed by atoms with Crippen LogP contribution in [-0.4, -0.2) is 17.3 Å². The zero-order valence-electron chi connectivity index (χ0n) is 9.90. The van der Waals surface area contributed by atoms with Crippen molar-refractivity contribution in [2.75, 3.05) is 0 Å². The minimum atomic E-state index is -1.10. The highest BCUT2D eigenvalue weighted by Gasteiger charge is 2.43. The van der Waals surface area contributed by atoms with Gasteiger partial charge in [-0.2, -0.15) is 0 Å². The molecule has 0 bridgehead atoms. The lowest BCUT2D eigenvalue weighted by Crippen LogP contribution is -2.29. The molecule has 3 heteroatoms. The smallest absolute Gasteiger partial charge is 0.181 e. The Morgan fingerprint density at radius 2 is 1.65 bits per heavy atom. The van der Waals surface area contributed by atoms with Crippen LogP contribution in [0.3, 0.4) is 0 Å². The van der Waals surface area contributed by atoms with Gasteiger partial charge in [0.05, 0.1) is 0 Å². The summed E-state index contributed by atoms with van der Waals surface area (Å²) in [4.78, 5) is 36.1. The molecule has 1 atom stereocenters. The molecule has 1 unspecified atom stereocenters. The molecule has 88 valence electrons. The Labute approximate surface area is 99.8 Å². The number of carbonyl (C=O) groups is 3. The first-order valence-electron chi connectivity index (χ1n) is 5.79. The van der Waals surface area contributed by atoms with Crippen LogP contribution in [0.2, 0.25) is 0 Å². The van der Waals surface area contributed by atoms with Crippen molar-refractivity contribution in [1.82, 2.24) is 0 Å². The summed E-state index contributed by atoms with van der Waals surface area (Å²) < 4.78 is 0. The first-order chi connectivity index (χ1) is 8.07. The number of benzene rings is 1. The molecule has 0 saturated heterocycles. The number of rotatable bonds is 3. The van der Waals surface area contributed by atoms with Gasteiger partial charge in [-0.05, 0) is 6.42 Å². The average Bonchev–Trinajstić information content (AvgIpc) is 2.61. The average molecular weight is 230 g/mol. The van der Waals surface area contributed by atoms with E-state index in [2.05, 4.69) is 0 Å².